The third-order valence-corrected chi connectivity index (χ3v) is 14.5. The lowest BCUT2D eigenvalue weighted by Gasteiger charge is -2.36. The van der Waals surface area contributed by atoms with Crippen LogP contribution in [0, 0.1) is 12.7 Å². The van der Waals surface area contributed by atoms with Crippen LogP contribution in [0.25, 0.3) is 32.9 Å². The highest BCUT2D eigenvalue weighted by molar-refractivity contribution is 7.99. The number of rotatable bonds is 13. The third kappa shape index (κ3) is 8.06. The molecule has 2 aliphatic rings. The van der Waals surface area contributed by atoms with Gasteiger partial charge in [0.1, 0.15) is 39.9 Å². The van der Waals surface area contributed by atoms with Crippen LogP contribution < -0.4 is 9.47 Å². The van der Waals surface area contributed by atoms with E-state index in [-0.39, 0.29) is 24.4 Å². The minimum Gasteiger partial charge on any atom is -0.487 e. The molecule has 2 aromatic heterocycles. The number of carboxylic acid groups (broad SMARTS) is 1. The van der Waals surface area contributed by atoms with Gasteiger partial charge in [-0.1, -0.05) is 149 Å². The van der Waals surface area contributed by atoms with Crippen LogP contribution >= 0.6 is 11.8 Å². The summed E-state index contributed by atoms with van der Waals surface area (Å²) >= 11 is 1.65. The lowest BCUT2D eigenvalue weighted by molar-refractivity contribution is 0.145. The number of likely N-dealkylation sites (tertiary alicyclic amines) is 1. The number of hydrogen-bond donors (Lipinski definition) is 1. The summed E-state index contributed by atoms with van der Waals surface area (Å²) in [6.45, 7) is 13.2. The van der Waals surface area contributed by atoms with Gasteiger partial charge in [-0.05, 0) is 83.2 Å². The van der Waals surface area contributed by atoms with Gasteiger partial charge >= 0.3 is 6.09 Å². The Morgan fingerprint density at radius 3 is 1.94 bits per heavy atom. The molecular weight excluding hydrogens is 868 g/mol. The number of fused-ring (bicyclic) bond motifs is 2. The third-order valence-electron chi connectivity index (χ3n) is 13.7. The van der Waals surface area contributed by atoms with E-state index in [2.05, 4.69) is 132 Å². The molecule has 1 saturated heterocycles. The summed E-state index contributed by atoms with van der Waals surface area (Å²) in [7, 11) is 0. The van der Waals surface area contributed by atoms with Gasteiger partial charge in [0.2, 0.25) is 0 Å². The normalized spacial score (nSPS) is 15.8. The van der Waals surface area contributed by atoms with Crippen LogP contribution in [0.3, 0.4) is 0 Å². The minimum atomic E-state index is -0.950. The summed E-state index contributed by atoms with van der Waals surface area (Å²) < 4.78 is 33.7. The first-order chi connectivity index (χ1) is 32.9. The van der Waals surface area contributed by atoms with Gasteiger partial charge < -0.3 is 19.5 Å². The quantitative estimate of drug-likeness (QED) is 0.0910. The highest BCUT2D eigenvalue weighted by atomic mass is 32.2. The van der Waals surface area contributed by atoms with E-state index in [9.17, 15) is 9.90 Å². The van der Waals surface area contributed by atoms with Crippen molar-refractivity contribution in [3.8, 4) is 22.6 Å². The second-order valence-corrected chi connectivity index (χ2v) is 20.5. The minimum absolute atomic E-state index is 0.165. The fraction of sp³-hybridized carbons (Fsp3) is 0.293. The topological polar surface area (TPSA) is 89.7 Å². The maximum atomic E-state index is 17.1. The maximum Gasteiger partial charge on any atom is 0.407 e. The van der Waals surface area contributed by atoms with Gasteiger partial charge in [-0.15, -0.1) is 11.8 Å². The number of pyridine rings is 1. The first kappa shape index (κ1) is 45.1. The number of hydrogen-bond acceptors (Lipinski definition) is 6. The van der Waals surface area contributed by atoms with Crippen molar-refractivity contribution in [2.45, 2.75) is 94.9 Å². The maximum absolute atomic E-state index is 17.1. The Morgan fingerprint density at radius 1 is 0.824 bits per heavy atom. The van der Waals surface area contributed by atoms with Crippen molar-refractivity contribution in [1.29, 1.82) is 0 Å². The predicted molar refractivity (Wildman–Crippen MR) is 271 cm³/mol. The Hall–Kier alpha value is -6.65. The van der Waals surface area contributed by atoms with Gasteiger partial charge in [0.05, 0.1) is 12.1 Å². The molecule has 0 spiro atoms. The predicted octanol–water partition coefficient (Wildman–Crippen LogP) is 14.1. The van der Waals surface area contributed by atoms with Gasteiger partial charge in [-0.3, -0.25) is 4.68 Å². The second kappa shape index (κ2) is 18.1. The molecule has 0 unspecified atom stereocenters. The zero-order valence-electron chi connectivity index (χ0n) is 39.5. The largest absolute Gasteiger partial charge is 0.487 e. The first-order valence-corrected chi connectivity index (χ1v) is 24.8. The smallest absolute Gasteiger partial charge is 0.407 e. The number of amides is 1. The number of aromatic nitrogens is 3. The SMILES string of the molecule is CCSc1nc2c(O[C@@H](C)c3ccccc3)c(-c3c(C)c(F)cc4nn(C(c5ccccc5)(c5ccccc5)c5ccccc5)cc34)c(C3CC3)cc2c(O[C@H]2CCN(C(=O)O)C2)c1C(C)(C)C. The van der Waals surface area contributed by atoms with E-state index in [1.165, 1.54) is 4.90 Å². The molecule has 0 bridgehead atoms. The van der Waals surface area contributed by atoms with Crippen molar-refractivity contribution in [3.63, 3.8) is 0 Å². The summed E-state index contributed by atoms with van der Waals surface area (Å²) in [4.78, 5) is 19.2. The molecule has 1 aliphatic carbocycles. The number of nitrogens with zero attached hydrogens (tertiary/aromatic N) is 4. The second-order valence-electron chi connectivity index (χ2n) is 19.2. The van der Waals surface area contributed by atoms with Crippen LogP contribution in [0.4, 0.5) is 9.18 Å². The summed E-state index contributed by atoms with van der Waals surface area (Å²) in [6.07, 6.45) is 2.86. The highest BCUT2D eigenvalue weighted by Crippen LogP contribution is 2.56. The van der Waals surface area contributed by atoms with Gasteiger partial charge in [-0.2, -0.15) is 5.10 Å². The Balaban J connectivity index is 1.31. The number of ether oxygens (including phenoxy) is 2. The van der Waals surface area contributed by atoms with Gasteiger partial charge in [-0.25, -0.2) is 14.2 Å². The Bertz CT molecular complexity index is 3040. The molecule has 8 aromatic rings. The molecular formula is C58H57FN4O4S. The molecule has 6 aromatic carbocycles. The molecule has 1 N–H and O–H groups in total. The van der Waals surface area contributed by atoms with Crippen molar-refractivity contribution in [2.24, 2.45) is 0 Å². The van der Waals surface area contributed by atoms with Crippen LogP contribution in [-0.2, 0) is 11.0 Å². The first-order valence-electron chi connectivity index (χ1n) is 23.8. The Kier molecular flexibility index (Phi) is 12.0. The molecule has 68 heavy (non-hydrogen) atoms. The number of benzene rings is 6. The van der Waals surface area contributed by atoms with E-state index in [1.807, 2.05) is 48.0 Å². The zero-order valence-corrected chi connectivity index (χ0v) is 40.3. The van der Waals surface area contributed by atoms with Crippen LogP contribution in [0.2, 0.25) is 0 Å². The molecule has 10 rings (SSSR count). The molecule has 8 nitrogen and oxygen atoms in total. The Morgan fingerprint density at radius 2 is 1.41 bits per heavy atom. The van der Waals surface area contributed by atoms with E-state index in [4.69, 9.17) is 19.6 Å². The van der Waals surface area contributed by atoms with Gasteiger partial charge in [0.15, 0.2) is 5.75 Å². The molecule has 1 aliphatic heterocycles. The number of halogens is 1. The van der Waals surface area contributed by atoms with E-state index in [0.717, 1.165) is 78.9 Å². The van der Waals surface area contributed by atoms with Gasteiger partial charge in [0, 0.05) is 52.7 Å². The molecule has 0 radical (unpaired) electrons. The van der Waals surface area contributed by atoms with Crippen LogP contribution in [0.15, 0.2) is 145 Å². The van der Waals surface area contributed by atoms with Crippen molar-refractivity contribution >= 4 is 39.7 Å². The highest BCUT2D eigenvalue weighted by Gasteiger charge is 2.41. The number of carbonyl (C=O) groups is 1. The monoisotopic (exact) mass is 924 g/mol. The standard InChI is InChI=1S/C58H57FN4O4S/c1-7-68-55-51(57(4,5)6)53(67-43-30-31-62(34-43)56(64)65)45-32-44(39-28-29-39)50(54(52(45)60-55)66-37(3)38-20-12-8-13-21-38)49-36(2)47(59)33-48-46(49)35-63(61-48)58(40-22-14-9-15-23-40,41-24-16-10-17-25-41)42-26-18-11-19-27-42/h8-27,32-33,35,37,39,43H,7,28-31,34H2,1-6H3,(H,64,65)/t37-,43-/m0/s1. The Labute approximate surface area is 402 Å². The lowest BCUT2D eigenvalue weighted by Crippen LogP contribution is -2.38. The van der Waals surface area contributed by atoms with E-state index in [1.54, 1.807) is 17.8 Å². The molecule has 1 saturated carbocycles. The zero-order chi connectivity index (χ0) is 47.3. The molecule has 2 fully saturated rings. The molecule has 2 atom stereocenters. The summed E-state index contributed by atoms with van der Waals surface area (Å²) in [5.41, 5.74) is 7.86. The fourth-order valence-corrected chi connectivity index (χ4v) is 11.2. The van der Waals surface area contributed by atoms with Crippen molar-refractivity contribution in [2.75, 3.05) is 18.8 Å². The molecule has 346 valence electrons. The summed E-state index contributed by atoms with van der Waals surface area (Å²) in [5.74, 6) is 1.82. The van der Waals surface area contributed by atoms with Crippen LogP contribution in [0.5, 0.6) is 11.5 Å². The van der Waals surface area contributed by atoms with Crippen molar-refractivity contribution in [3.05, 3.63) is 184 Å². The molecule has 10 heteroatoms. The number of thioether (sulfide) groups is 1. The van der Waals surface area contributed by atoms with E-state index in [0.29, 0.717) is 41.1 Å². The van der Waals surface area contributed by atoms with Crippen LogP contribution in [-0.4, -0.2) is 55.8 Å². The van der Waals surface area contributed by atoms with E-state index < -0.39 is 23.2 Å². The van der Waals surface area contributed by atoms with E-state index >= 15 is 4.39 Å². The molecule has 3 heterocycles. The average molecular weight is 925 g/mol. The van der Waals surface area contributed by atoms with Crippen molar-refractivity contribution < 1.29 is 23.8 Å². The van der Waals surface area contributed by atoms with Crippen molar-refractivity contribution in [1.82, 2.24) is 19.7 Å². The van der Waals surface area contributed by atoms with Crippen LogP contribution in [0.1, 0.15) is 105 Å². The summed E-state index contributed by atoms with van der Waals surface area (Å²) in [5, 5.41) is 17.8. The lowest BCUT2D eigenvalue weighted by atomic mass is 9.77. The van der Waals surface area contributed by atoms with Gasteiger partial charge in [0.25, 0.3) is 0 Å². The fourth-order valence-electron chi connectivity index (χ4n) is 10.3. The average Bonchev–Trinajstić information content (AvgIpc) is 3.94. The summed E-state index contributed by atoms with van der Waals surface area (Å²) in [6, 6.07) is 45.2. The molecule has 1 amide bonds.